The fourth-order valence-electron chi connectivity index (χ4n) is 2.00. The Morgan fingerprint density at radius 2 is 2.22 bits per heavy atom. The van der Waals surface area contributed by atoms with Crippen molar-refractivity contribution in [3.05, 3.63) is 12.0 Å². The summed E-state index contributed by atoms with van der Waals surface area (Å²) in [4.78, 5) is 24.9. The highest BCUT2D eigenvalue weighted by Gasteiger charge is 2.19. The molecule has 0 spiro atoms. The van der Waals surface area contributed by atoms with Crippen LogP contribution in [-0.4, -0.2) is 53.9 Å². The van der Waals surface area contributed by atoms with E-state index in [0.717, 1.165) is 19.0 Å². The van der Waals surface area contributed by atoms with Gasteiger partial charge in [0.1, 0.15) is 5.69 Å². The largest absolute Gasteiger partial charge is 0.354 e. The fourth-order valence-corrected chi connectivity index (χ4v) is 2.00. The minimum absolute atomic E-state index is 0.202. The van der Waals surface area contributed by atoms with Crippen molar-refractivity contribution < 1.29 is 4.79 Å². The molecule has 2 heterocycles. The van der Waals surface area contributed by atoms with Crippen molar-refractivity contribution >= 4 is 17.7 Å². The molecule has 1 amide bonds. The van der Waals surface area contributed by atoms with Gasteiger partial charge >= 0.3 is 0 Å². The van der Waals surface area contributed by atoms with Crippen molar-refractivity contribution in [3.63, 3.8) is 0 Å². The average Bonchev–Trinajstić information content (AvgIpc) is 3.05. The molecule has 0 saturated carbocycles. The van der Waals surface area contributed by atoms with Crippen LogP contribution in [0.1, 0.15) is 23.3 Å². The molecule has 7 nitrogen and oxygen atoms in total. The molecule has 7 heteroatoms. The Kier molecular flexibility index (Phi) is 3.81. The summed E-state index contributed by atoms with van der Waals surface area (Å²) in [6.07, 6.45) is 3.83. The van der Waals surface area contributed by atoms with Gasteiger partial charge in [-0.25, -0.2) is 4.98 Å². The molecule has 1 fully saturated rings. The van der Waals surface area contributed by atoms with E-state index in [4.69, 9.17) is 0 Å². The van der Waals surface area contributed by atoms with Crippen molar-refractivity contribution in [3.8, 4) is 0 Å². The summed E-state index contributed by atoms with van der Waals surface area (Å²) < 4.78 is 0. The van der Waals surface area contributed by atoms with Crippen LogP contribution in [0.4, 0.5) is 5.82 Å². The van der Waals surface area contributed by atoms with Crippen LogP contribution in [-0.2, 0) is 0 Å². The number of H-pyrrole nitrogens is 1. The lowest BCUT2D eigenvalue weighted by Gasteiger charge is -2.20. The van der Waals surface area contributed by atoms with E-state index in [1.165, 1.54) is 19.2 Å². The summed E-state index contributed by atoms with van der Waals surface area (Å²) in [5, 5.41) is 5.67. The average molecular weight is 250 g/mol. The molecular formula is C11H18N6O. The number of carbonyl (C=O) groups is 1. The highest BCUT2D eigenvalue weighted by molar-refractivity contribution is 6.02. The van der Waals surface area contributed by atoms with Gasteiger partial charge in [0.05, 0.1) is 6.33 Å². The van der Waals surface area contributed by atoms with E-state index < -0.39 is 0 Å². The van der Waals surface area contributed by atoms with E-state index in [1.807, 2.05) is 0 Å². The molecule has 0 aromatic carbocycles. The summed E-state index contributed by atoms with van der Waals surface area (Å²) >= 11 is 0. The Balaban J connectivity index is 2.12. The molecule has 0 unspecified atom stereocenters. The topological polar surface area (TPSA) is 85.4 Å². The van der Waals surface area contributed by atoms with Crippen LogP contribution in [0.2, 0.25) is 0 Å². The van der Waals surface area contributed by atoms with Crippen LogP contribution in [0, 0.1) is 0 Å². The van der Waals surface area contributed by atoms with Gasteiger partial charge in [-0.05, 0) is 12.8 Å². The van der Waals surface area contributed by atoms with Crippen LogP contribution in [0.3, 0.4) is 0 Å². The number of aromatic amines is 1. The maximum Gasteiger partial charge on any atom is 0.271 e. The van der Waals surface area contributed by atoms with E-state index in [-0.39, 0.29) is 5.91 Å². The second-order valence-corrected chi connectivity index (χ2v) is 4.07. The number of hydrogen-bond acceptors (Lipinski definition) is 3. The first kappa shape index (κ1) is 12.4. The molecule has 1 aliphatic rings. The number of aromatic nitrogens is 2. The third-order valence-corrected chi connectivity index (χ3v) is 2.94. The summed E-state index contributed by atoms with van der Waals surface area (Å²) in [6, 6.07) is 0. The van der Waals surface area contributed by atoms with Crippen LogP contribution in [0.25, 0.3) is 0 Å². The first-order valence-corrected chi connectivity index (χ1v) is 6.00. The van der Waals surface area contributed by atoms with Crippen molar-refractivity contribution in [2.45, 2.75) is 12.8 Å². The molecule has 98 valence electrons. The van der Waals surface area contributed by atoms with Gasteiger partial charge in [-0.1, -0.05) is 0 Å². The fraction of sp³-hybridized carbons (Fsp3) is 0.545. The van der Waals surface area contributed by atoms with Gasteiger partial charge in [0.2, 0.25) is 0 Å². The first-order valence-electron chi connectivity index (χ1n) is 6.00. The maximum absolute atomic E-state index is 11.6. The van der Waals surface area contributed by atoms with E-state index in [1.54, 1.807) is 14.1 Å². The minimum Gasteiger partial charge on any atom is -0.354 e. The van der Waals surface area contributed by atoms with Crippen molar-refractivity contribution in [2.24, 2.45) is 4.99 Å². The Morgan fingerprint density at radius 3 is 2.83 bits per heavy atom. The predicted molar refractivity (Wildman–Crippen MR) is 69.8 cm³/mol. The van der Waals surface area contributed by atoms with Crippen LogP contribution in [0.15, 0.2) is 11.3 Å². The van der Waals surface area contributed by atoms with Crippen molar-refractivity contribution in [2.75, 3.05) is 32.5 Å². The third kappa shape index (κ3) is 2.44. The van der Waals surface area contributed by atoms with Gasteiger partial charge in [0.25, 0.3) is 5.91 Å². The summed E-state index contributed by atoms with van der Waals surface area (Å²) in [6.45, 7) is 1.97. The molecule has 0 aliphatic carbocycles. The number of anilines is 1. The standard InChI is InChI=1S/C11H18N6O/c1-12-10(18)8-9(15-7-14-8)16-11(13-2)17-5-3-4-6-17/h7H,3-6H2,1-2H3,(H,12,18)(H,13,16)(H,14,15). The molecule has 0 atom stereocenters. The molecule has 2 rings (SSSR count). The second-order valence-electron chi connectivity index (χ2n) is 4.07. The SMILES string of the molecule is CN=C(Nc1nc[nH]c1C(=O)NC)N1CCCC1. The van der Waals surface area contributed by atoms with Gasteiger partial charge < -0.3 is 20.5 Å². The molecular weight excluding hydrogens is 232 g/mol. The molecule has 3 N–H and O–H groups in total. The smallest absolute Gasteiger partial charge is 0.271 e. The van der Waals surface area contributed by atoms with Gasteiger partial charge in [0.15, 0.2) is 11.8 Å². The Labute approximate surface area is 106 Å². The first-order chi connectivity index (χ1) is 8.76. The zero-order valence-corrected chi connectivity index (χ0v) is 10.7. The highest BCUT2D eigenvalue weighted by atomic mass is 16.1. The number of aliphatic imine (C=N–C) groups is 1. The molecule has 1 aromatic rings. The molecule has 1 saturated heterocycles. The normalized spacial score (nSPS) is 15.9. The molecule has 0 radical (unpaired) electrons. The lowest BCUT2D eigenvalue weighted by molar-refractivity contribution is 0.0959. The molecule has 1 aliphatic heterocycles. The van der Waals surface area contributed by atoms with Gasteiger partial charge in [-0.3, -0.25) is 9.79 Å². The lowest BCUT2D eigenvalue weighted by atomic mass is 10.4. The number of nitrogens with one attached hydrogen (secondary N) is 3. The molecule has 18 heavy (non-hydrogen) atoms. The Morgan fingerprint density at radius 1 is 1.50 bits per heavy atom. The number of likely N-dealkylation sites (tertiary alicyclic amines) is 1. The number of nitrogens with zero attached hydrogens (tertiary/aromatic N) is 3. The summed E-state index contributed by atoms with van der Waals surface area (Å²) in [7, 11) is 3.31. The van der Waals surface area contributed by atoms with Gasteiger partial charge in [-0.2, -0.15) is 0 Å². The number of carbonyl (C=O) groups excluding carboxylic acids is 1. The zero-order chi connectivity index (χ0) is 13.0. The van der Waals surface area contributed by atoms with Crippen LogP contribution in [0.5, 0.6) is 0 Å². The third-order valence-electron chi connectivity index (χ3n) is 2.94. The van der Waals surface area contributed by atoms with Crippen molar-refractivity contribution in [1.29, 1.82) is 0 Å². The molecule has 0 bridgehead atoms. The number of guanidine groups is 1. The minimum atomic E-state index is -0.202. The van der Waals surface area contributed by atoms with Crippen molar-refractivity contribution in [1.82, 2.24) is 20.2 Å². The van der Waals surface area contributed by atoms with E-state index in [0.29, 0.717) is 11.5 Å². The maximum atomic E-state index is 11.6. The number of rotatable bonds is 2. The Hall–Kier alpha value is -2.05. The molecule has 1 aromatic heterocycles. The van der Waals surface area contributed by atoms with Gasteiger partial charge in [0, 0.05) is 27.2 Å². The lowest BCUT2D eigenvalue weighted by Crippen LogP contribution is -2.34. The predicted octanol–water partition coefficient (Wildman–Crippen LogP) is 0.263. The quantitative estimate of drug-likeness (QED) is 0.519. The van der Waals surface area contributed by atoms with Crippen LogP contribution < -0.4 is 10.6 Å². The Bertz CT molecular complexity index is 446. The van der Waals surface area contributed by atoms with E-state index in [2.05, 4.69) is 30.5 Å². The monoisotopic (exact) mass is 250 g/mol. The second kappa shape index (κ2) is 5.52. The van der Waals surface area contributed by atoms with E-state index in [9.17, 15) is 4.79 Å². The van der Waals surface area contributed by atoms with Gasteiger partial charge in [-0.15, -0.1) is 0 Å². The van der Waals surface area contributed by atoms with Crippen LogP contribution >= 0.6 is 0 Å². The number of amides is 1. The zero-order valence-electron chi connectivity index (χ0n) is 10.7. The summed E-state index contributed by atoms with van der Waals surface area (Å²) in [5.74, 6) is 1.05. The highest BCUT2D eigenvalue weighted by Crippen LogP contribution is 2.13. The summed E-state index contributed by atoms with van der Waals surface area (Å²) in [5.41, 5.74) is 0.415. The number of imidazole rings is 1. The number of hydrogen-bond donors (Lipinski definition) is 3. The van der Waals surface area contributed by atoms with E-state index >= 15 is 0 Å².